The Balaban J connectivity index is 1.78. The molecule has 1 N–H and O–H groups in total. The Hall–Kier alpha value is -2.71. The molecule has 2 heterocycles. The SMILES string of the molecule is COc1cccc(/C=C2\SC(=S)N(NC(=O)c3cccnc3)C2=O)c1. The molecule has 0 unspecified atom stereocenters. The molecule has 0 bridgehead atoms. The minimum atomic E-state index is -0.452. The Morgan fingerprint density at radius 3 is 2.92 bits per heavy atom. The van der Waals surface area contributed by atoms with Crippen molar-refractivity contribution in [2.75, 3.05) is 7.11 Å². The number of thiocarbonyl (C=S) groups is 1. The number of benzene rings is 1. The lowest BCUT2D eigenvalue weighted by atomic mass is 10.2. The molecule has 0 saturated carbocycles. The predicted octanol–water partition coefficient (Wildman–Crippen LogP) is 2.64. The Bertz CT molecular complexity index is 868. The standard InChI is InChI=1S/C17H13N3O3S2/c1-23-13-6-2-4-11(8-13)9-14-16(22)20(17(24)25-14)19-15(21)12-5-3-7-18-10-12/h2-10H,1H3,(H,19,21)/b14-9-. The summed E-state index contributed by atoms with van der Waals surface area (Å²) in [5.74, 6) is -0.142. The second kappa shape index (κ2) is 7.45. The van der Waals surface area contributed by atoms with Crippen molar-refractivity contribution in [2.45, 2.75) is 0 Å². The first-order valence-corrected chi connectivity index (χ1v) is 8.44. The number of hydrogen-bond donors (Lipinski definition) is 1. The van der Waals surface area contributed by atoms with Crippen LogP contribution in [0.4, 0.5) is 0 Å². The normalized spacial score (nSPS) is 15.6. The Morgan fingerprint density at radius 1 is 1.36 bits per heavy atom. The largest absolute Gasteiger partial charge is 0.497 e. The number of thioether (sulfide) groups is 1. The van der Waals surface area contributed by atoms with E-state index in [9.17, 15) is 9.59 Å². The highest BCUT2D eigenvalue weighted by molar-refractivity contribution is 8.26. The van der Waals surface area contributed by atoms with Crippen LogP contribution in [0, 0.1) is 0 Å². The van der Waals surface area contributed by atoms with Crippen LogP contribution >= 0.6 is 24.0 Å². The topological polar surface area (TPSA) is 71.5 Å². The van der Waals surface area contributed by atoms with Crippen molar-refractivity contribution in [1.82, 2.24) is 15.4 Å². The van der Waals surface area contributed by atoms with Gasteiger partial charge in [-0.15, -0.1) is 0 Å². The molecule has 1 saturated heterocycles. The molecule has 1 fully saturated rings. The van der Waals surface area contributed by atoms with Crippen LogP contribution in [0.15, 0.2) is 53.7 Å². The molecule has 6 nitrogen and oxygen atoms in total. The van der Waals surface area contributed by atoms with Gasteiger partial charge in [-0.3, -0.25) is 20.0 Å². The maximum absolute atomic E-state index is 12.5. The minimum Gasteiger partial charge on any atom is -0.497 e. The summed E-state index contributed by atoms with van der Waals surface area (Å²) in [7, 11) is 1.58. The van der Waals surface area contributed by atoms with Crippen molar-refractivity contribution in [3.05, 3.63) is 64.8 Å². The highest BCUT2D eigenvalue weighted by Gasteiger charge is 2.33. The molecular weight excluding hydrogens is 358 g/mol. The predicted molar refractivity (Wildman–Crippen MR) is 99.7 cm³/mol. The van der Waals surface area contributed by atoms with E-state index in [4.69, 9.17) is 17.0 Å². The van der Waals surface area contributed by atoms with Gasteiger partial charge >= 0.3 is 0 Å². The number of pyridine rings is 1. The van der Waals surface area contributed by atoms with E-state index in [1.54, 1.807) is 37.6 Å². The van der Waals surface area contributed by atoms with E-state index in [0.29, 0.717) is 16.2 Å². The molecule has 0 aliphatic carbocycles. The smallest absolute Gasteiger partial charge is 0.285 e. The zero-order valence-corrected chi connectivity index (χ0v) is 14.8. The van der Waals surface area contributed by atoms with Crippen LogP contribution in [0.25, 0.3) is 6.08 Å². The van der Waals surface area contributed by atoms with Gasteiger partial charge in [0.25, 0.3) is 11.8 Å². The molecule has 0 spiro atoms. The number of nitrogens with one attached hydrogen (secondary N) is 1. The molecule has 0 atom stereocenters. The third kappa shape index (κ3) is 3.86. The second-order valence-electron chi connectivity index (χ2n) is 4.98. The van der Waals surface area contributed by atoms with Crippen molar-refractivity contribution in [1.29, 1.82) is 0 Å². The van der Waals surface area contributed by atoms with Crippen LogP contribution in [-0.2, 0) is 4.79 Å². The van der Waals surface area contributed by atoms with Crippen LogP contribution in [0.1, 0.15) is 15.9 Å². The van der Waals surface area contributed by atoms with Crippen LogP contribution < -0.4 is 10.2 Å². The summed E-state index contributed by atoms with van der Waals surface area (Å²) in [6.45, 7) is 0. The van der Waals surface area contributed by atoms with Gasteiger partial charge in [0.1, 0.15) is 5.75 Å². The molecule has 25 heavy (non-hydrogen) atoms. The molecule has 2 amide bonds. The van der Waals surface area contributed by atoms with Gasteiger partial charge in [-0.05, 0) is 48.1 Å². The Labute approximate surface area is 153 Å². The van der Waals surface area contributed by atoms with Gasteiger partial charge in [-0.25, -0.2) is 0 Å². The Kier molecular flexibility index (Phi) is 5.11. The lowest BCUT2D eigenvalue weighted by Crippen LogP contribution is -2.44. The molecule has 1 aromatic heterocycles. The molecular formula is C17H13N3O3S2. The third-order valence-electron chi connectivity index (χ3n) is 3.32. The number of nitrogens with zero attached hydrogens (tertiary/aromatic N) is 2. The fourth-order valence-corrected chi connectivity index (χ4v) is 3.29. The molecule has 1 aliphatic rings. The second-order valence-corrected chi connectivity index (χ2v) is 6.65. The van der Waals surface area contributed by atoms with Gasteiger partial charge in [0.2, 0.25) is 0 Å². The van der Waals surface area contributed by atoms with Crippen molar-refractivity contribution in [3.63, 3.8) is 0 Å². The first-order valence-electron chi connectivity index (χ1n) is 7.21. The summed E-state index contributed by atoms with van der Waals surface area (Å²) in [4.78, 5) is 29.0. The Morgan fingerprint density at radius 2 is 2.20 bits per heavy atom. The summed E-state index contributed by atoms with van der Waals surface area (Å²) in [5.41, 5.74) is 3.66. The first-order chi connectivity index (χ1) is 12.1. The highest BCUT2D eigenvalue weighted by Crippen LogP contribution is 2.31. The van der Waals surface area contributed by atoms with Gasteiger partial charge in [-0.1, -0.05) is 23.9 Å². The maximum atomic E-state index is 12.5. The summed E-state index contributed by atoms with van der Waals surface area (Å²) in [6, 6.07) is 10.5. The molecule has 2 aromatic rings. The number of hydrazine groups is 1. The number of carbonyl (C=O) groups excluding carboxylic acids is 2. The number of ether oxygens (including phenoxy) is 1. The van der Waals surface area contributed by atoms with Gasteiger partial charge < -0.3 is 4.74 Å². The van der Waals surface area contributed by atoms with E-state index in [0.717, 1.165) is 22.3 Å². The van der Waals surface area contributed by atoms with E-state index in [1.165, 1.54) is 6.20 Å². The average molecular weight is 371 g/mol. The van der Waals surface area contributed by atoms with E-state index >= 15 is 0 Å². The summed E-state index contributed by atoms with van der Waals surface area (Å²) >= 11 is 6.33. The molecule has 126 valence electrons. The van der Waals surface area contributed by atoms with Crippen molar-refractivity contribution >= 4 is 46.2 Å². The van der Waals surface area contributed by atoms with E-state index in [-0.39, 0.29) is 10.2 Å². The molecule has 1 aliphatic heterocycles. The van der Waals surface area contributed by atoms with Crippen molar-refractivity contribution in [3.8, 4) is 5.75 Å². The van der Waals surface area contributed by atoms with Crippen molar-refractivity contribution < 1.29 is 14.3 Å². The number of methoxy groups -OCH3 is 1. The maximum Gasteiger partial charge on any atom is 0.285 e. The van der Waals surface area contributed by atoms with Gasteiger partial charge in [0.15, 0.2) is 4.32 Å². The summed E-state index contributed by atoms with van der Waals surface area (Å²) < 4.78 is 5.43. The van der Waals surface area contributed by atoms with Crippen LogP contribution in [0.3, 0.4) is 0 Å². The number of aromatic nitrogens is 1. The number of rotatable bonds is 4. The summed E-state index contributed by atoms with van der Waals surface area (Å²) in [5, 5.41) is 1.07. The highest BCUT2D eigenvalue weighted by atomic mass is 32.2. The van der Waals surface area contributed by atoms with Crippen molar-refractivity contribution in [2.24, 2.45) is 0 Å². The minimum absolute atomic E-state index is 0.261. The lowest BCUT2D eigenvalue weighted by Gasteiger charge is -2.15. The molecule has 3 rings (SSSR count). The van der Waals surface area contributed by atoms with Crippen LogP contribution in [-0.4, -0.2) is 33.2 Å². The zero-order chi connectivity index (χ0) is 17.8. The lowest BCUT2D eigenvalue weighted by molar-refractivity contribution is -0.123. The number of hydrogen-bond acceptors (Lipinski definition) is 6. The van der Waals surface area contributed by atoms with Gasteiger partial charge in [-0.2, -0.15) is 5.01 Å². The fraction of sp³-hybridized carbons (Fsp3) is 0.0588. The van der Waals surface area contributed by atoms with E-state index < -0.39 is 5.91 Å². The van der Waals surface area contributed by atoms with E-state index in [1.807, 2.05) is 18.2 Å². The molecule has 0 radical (unpaired) electrons. The summed E-state index contributed by atoms with van der Waals surface area (Å²) in [6.07, 6.45) is 4.68. The van der Waals surface area contributed by atoms with Crippen LogP contribution in [0.2, 0.25) is 0 Å². The first kappa shape index (κ1) is 17.1. The molecule has 1 aromatic carbocycles. The average Bonchev–Trinajstić information content (AvgIpc) is 2.90. The molecule has 8 heteroatoms. The van der Waals surface area contributed by atoms with E-state index in [2.05, 4.69) is 10.4 Å². The zero-order valence-electron chi connectivity index (χ0n) is 13.1. The van der Waals surface area contributed by atoms with Crippen LogP contribution in [0.5, 0.6) is 5.75 Å². The van der Waals surface area contributed by atoms with Gasteiger partial charge in [0, 0.05) is 12.4 Å². The monoisotopic (exact) mass is 371 g/mol. The fourth-order valence-electron chi connectivity index (χ4n) is 2.11. The number of carbonyl (C=O) groups is 2. The third-order valence-corrected chi connectivity index (χ3v) is 4.62. The quantitative estimate of drug-likeness (QED) is 0.658. The van der Waals surface area contributed by atoms with Gasteiger partial charge in [0.05, 0.1) is 17.6 Å². The number of amides is 2.